The van der Waals surface area contributed by atoms with E-state index in [4.69, 9.17) is 17.3 Å². The third-order valence-electron chi connectivity index (χ3n) is 3.96. The Balaban J connectivity index is 2.40. The molecule has 0 radical (unpaired) electrons. The Bertz CT molecular complexity index is 419. The molecule has 1 aliphatic carbocycles. The highest BCUT2D eigenvalue weighted by Gasteiger charge is 2.64. The summed E-state index contributed by atoms with van der Waals surface area (Å²) in [6, 6.07) is 5.88. The topological polar surface area (TPSA) is 46.2 Å². The van der Waals surface area contributed by atoms with Gasteiger partial charge >= 0.3 is 0 Å². The molecule has 1 fully saturated rings. The number of nitrogens with two attached hydrogens (primary N) is 1. The predicted octanol–water partition coefficient (Wildman–Crippen LogP) is 2.70. The lowest BCUT2D eigenvalue weighted by molar-refractivity contribution is 0.198. The lowest BCUT2D eigenvalue weighted by Crippen LogP contribution is -2.28. The summed E-state index contributed by atoms with van der Waals surface area (Å²) in [4.78, 5) is 0. The highest BCUT2D eigenvalue weighted by molar-refractivity contribution is 9.10. The first kappa shape index (κ1) is 12.4. The monoisotopic (exact) mass is 303 g/mol. The molecule has 0 spiro atoms. The van der Waals surface area contributed by atoms with E-state index in [0.29, 0.717) is 6.54 Å². The van der Waals surface area contributed by atoms with Gasteiger partial charge in [0.15, 0.2) is 0 Å². The van der Waals surface area contributed by atoms with Crippen LogP contribution in [0.15, 0.2) is 22.7 Å². The molecule has 0 aromatic heterocycles. The molecule has 4 heteroatoms. The molecule has 88 valence electrons. The summed E-state index contributed by atoms with van der Waals surface area (Å²) in [6.07, 6.45) is 0.897. The second-order valence-corrected chi connectivity index (χ2v) is 6.10. The maximum absolute atomic E-state index is 9.47. The highest BCUT2D eigenvalue weighted by atomic mass is 79.9. The van der Waals surface area contributed by atoms with Crippen molar-refractivity contribution in [3.8, 4) is 0 Å². The van der Waals surface area contributed by atoms with Crippen molar-refractivity contribution in [2.45, 2.75) is 18.8 Å². The van der Waals surface area contributed by atoms with Crippen LogP contribution in [0.2, 0.25) is 5.02 Å². The molecule has 16 heavy (non-hydrogen) atoms. The number of hydrogen-bond donors (Lipinski definition) is 2. The van der Waals surface area contributed by atoms with E-state index < -0.39 is 0 Å². The molecule has 1 aromatic carbocycles. The van der Waals surface area contributed by atoms with Gasteiger partial charge in [0.25, 0.3) is 0 Å². The summed E-state index contributed by atoms with van der Waals surface area (Å²) in [7, 11) is 0. The van der Waals surface area contributed by atoms with E-state index in [-0.39, 0.29) is 17.4 Å². The fraction of sp³-hybridized carbons (Fsp3) is 0.500. The van der Waals surface area contributed by atoms with E-state index in [1.165, 1.54) is 0 Å². The Labute approximate surface area is 109 Å². The van der Waals surface area contributed by atoms with E-state index in [1.54, 1.807) is 0 Å². The van der Waals surface area contributed by atoms with E-state index >= 15 is 0 Å². The molecule has 3 N–H and O–H groups in total. The third kappa shape index (κ3) is 1.61. The fourth-order valence-corrected chi connectivity index (χ4v) is 3.42. The van der Waals surface area contributed by atoms with Gasteiger partial charge in [-0.3, -0.25) is 0 Å². The number of aliphatic hydroxyl groups excluding tert-OH is 1. The van der Waals surface area contributed by atoms with Crippen molar-refractivity contribution in [2.75, 3.05) is 13.2 Å². The maximum atomic E-state index is 9.47. The molecule has 2 unspecified atom stereocenters. The van der Waals surface area contributed by atoms with Crippen LogP contribution in [0.25, 0.3) is 0 Å². The van der Waals surface area contributed by atoms with Gasteiger partial charge in [-0.2, -0.15) is 0 Å². The number of rotatable bonds is 3. The molecule has 1 aromatic rings. The van der Waals surface area contributed by atoms with Crippen LogP contribution in [-0.2, 0) is 5.41 Å². The van der Waals surface area contributed by atoms with Crippen LogP contribution in [0.3, 0.4) is 0 Å². The Kier molecular flexibility index (Phi) is 3.08. The second-order valence-electron chi connectivity index (χ2n) is 4.78. The minimum Gasteiger partial charge on any atom is -0.396 e. The molecule has 0 amide bonds. The van der Waals surface area contributed by atoms with Gasteiger partial charge in [-0.05, 0) is 24.1 Å². The normalized spacial score (nSPS) is 32.8. The van der Waals surface area contributed by atoms with Gasteiger partial charge in [0.1, 0.15) is 0 Å². The number of hydrogen-bond acceptors (Lipinski definition) is 2. The Morgan fingerprint density at radius 3 is 2.69 bits per heavy atom. The molecular weight excluding hydrogens is 289 g/mol. The summed E-state index contributed by atoms with van der Waals surface area (Å²) >= 11 is 9.63. The first-order valence-electron chi connectivity index (χ1n) is 5.25. The quantitative estimate of drug-likeness (QED) is 0.902. The lowest BCUT2D eigenvalue weighted by Gasteiger charge is -2.21. The average molecular weight is 305 g/mol. The van der Waals surface area contributed by atoms with Gasteiger partial charge in [0, 0.05) is 26.9 Å². The van der Waals surface area contributed by atoms with E-state index in [0.717, 1.165) is 21.5 Å². The zero-order valence-corrected chi connectivity index (χ0v) is 11.5. The first-order chi connectivity index (χ1) is 7.49. The van der Waals surface area contributed by atoms with Crippen molar-refractivity contribution in [3.05, 3.63) is 33.3 Å². The molecule has 0 bridgehead atoms. The molecule has 2 atom stereocenters. The van der Waals surface area contributed by atoms with Crippen LogP contribution in [0.1, 0.15) is 18.9 Å². The molecule has 0 aliphatic heterocycles. The fourth-order valence-electron chi connectivity index (χ4n) is 2.54. The van der Waals surface area contributed by atoms with Crippen molar-refractivity contribution < 1.29 is 5.11 Å². The van der Waals surface area contributed by atoms with Crippen molar-refractivity contribution in [1.82, 2.24) is 0 Å². The zero-order valence-electron chi connectivity index (χ0n) is 9.13. The standard InChI is InChI=1S/C12H15BrClNO/c1-11(5-12(11,6-15)7-16)9-3-2-8(13)4-10(9)14/h2-4,16H,5-7,15H2,1H3. The van der Waals surface area contributed by atoms with Crippen molar-refractivity contribution >= 4 is 27.5 Å². The van der Waals surface area contributed by atoms with Crippen LogP contribution in [-0.4, -0.2) is 18.3 Å². The number of aliphatic hydroxyl groups is 1. The van der Waals surface area contributed by atoms with Crippen molar-refractivity contribution in [1.29, 1.82) is 0 Å². The Morgan fingerprint density at radius 2 is 2.25 bits per heavy atom. The molecule has 2 rings (SSSR count). The molecule has 1 saturated carbocycles. The van der Waals surface area contributed by atoms with Crippen LogP contribution in [0.5, 0.6) is 0 Å². The largest absolute Gasteiger partial charge is 0.396 e. The minimum atomic E-state index is -0.190. The van der Waals surface area contributed by atoms with Gasteiger partial charge in [0.2, 0.25) is 0 Å². The van der Waals surface area contributed by atoms with Gasteiger partial charge in [0.05, 0.1) is 6.61 Å². The Hall–Kier alpha value is -0.0900. The molecular formula is C12H15BrClNO. The second kappa shape index (κ2) is 3.98. The van der Waals surface area contributed by atoms with Gasteiger partial charge in [-0.1, -0.05) is 40.5 Å². The lowest BCUT2D eigenvalue weighted by atomic mass is 9.88. The van der Waals surface area contributed by atoms with E-state index in [9.17, 15) is 5.11 Å². The van der Waals surface area contributed by atoms with Gasteiger partial charge in [-0.25, -0.2) is 0 Å². The predicted molar refractivity (Wildman–Crippen MR) is 69.7 cm³/mol. The molecule has 0 heterocycles. The average Bonchev–Trinajstić information content (AvgIpc) is 2.85. The molecule has 0 saturated heterocycles. The van der Waals surface area contributed by atoms with Crippen LogP contribution < -0.4 is 5.73 Å². The van der Waals surface area contributed by atoms with Gasteiger partial charge in [-0.15, -0.1) is 0 Å². The first-order valence-corrected chi connectivity index (χ1v) is 6.43. The summed E-state index contributed by atoms with van der Waals surface area (Å²) < 4.78 is 0.966. The van der Waals surface area contributed by atoms with Crippen LogP contribution >= 0.6 is 27.5 Å². The maximum Gasteiger partial charge on any atom is 0.0508 e. The van der Waals surface area contributed by atoms with Crippen LogP contribution in [0.4, 0.5) is 0 Å². The number of benzene rings is 1. The SMILES string of the molecule is CC1(c2ccc(Br)cc2Cl)CC1(CN)CO. The van der Waals surface area contributed by atoms with Crippen molar-refractivity contribution in [2.24, 2.45) is 11.1 Å². The van der Waals surface area contributed by atoms with E-state index in [1.807, 2.05) is 18.2 Å². The molecule has 1 aliphatic rings. The zero-order chi connectivity index (χ0) is 12.0. The smallest absolute Gasteiger partial charge is 0.0508 e. The van der Waals surface area contributed by atoms with Gasteiger partial charge < -0.3 is 10.8 Å². The van der Waals surface area contributed by atoms with Crippen LogP contribution in [0, 0.1) is 5.41 Å². The minimum absolute atomic E-state index is 0.0890. The summed E-state index contributed by atoms with van der Waals surface area (Å²) in [5, 5.41) is 10.2. The third-order valence-corrected chi connectivity index (χ3v) is 4.76. The Morgan fingerprint density at radius 1 is 1.56 bits per heavy atom. The summed E-state index contributed by atoms with van der Waals surface area (Å²) in [5.41, 5.74) is 6.56. The summed E-state index contributed by atoms with van der Waals surface area (Å²) in [5.74, 6) is 0. The molecule has 2 nitrogen and oxygen atoms in total. The summed E-state index contributed by atoms with van der Waals surface area (Å²) in [6.45, 7) is 2.73. The van der Waals surface area contributed by atoms with E-state index in [2.05, 4.69) is 22.9 Å². The van der Waals surface area contributed by atoms with Crippen molar-refractivity contribution in [3.63, 3.8) is 0 Å². The number of halogens is 2. The highest BCUT2D eigenvalue weighted by Crippen LogP contribution is 2.64.